The topological polar surface area (TPSA) is 75.2 Å². The highest BCUT2D eigenvalue weighted by atomic mass is 32.1. The number of likely N-dealkylation sites (tertiary alicyclic amines) is 1. The maximum absolute atomic E-state index is 13.8. The molecule has 7 heteroatoms. The summed E-state index contributed by atoms with van der Waals surface area (Å²) >= 11 is 1.54. The minimum absolute atomic E-state index is 0.0640. The average Bonchev–Trinajstić information content (AvgIpc) is 3.29. The zero-order valence-electron chi connectivity index (χ0n) is 19.9. The second-order valence-corrected chi connectivity index (χ2v) is 10.3. The SMILES string of the molecule is Cc1nc(C(=O)N2CCC[C@H](C)C2CNC(=O)c2cccc3cccnc23)c(-c2ccccc2)s1. The Morgan fingerprint density at radius 2 is 1.89 bits per heavy atom. The molecule has 0 aliphatic carbocycles. The molecule has 178 valence electrons. The molecule has 1 N–H and O–H groups in total. The molecule has 0 spiro atoms. The number of rotatable bonds is 5. The van der Waals surface area contributed by atoms with E-state index >= 15 is 0 Å². The van der Waals surface area contributed by atoms with Crippen molar-refractivity contribution in [3.63, 3.8) is 0 Å². The molecule has 4 aromatic rings. The van der Waals surface area contributed by atoms with Crippen LogP contribution in [0.5, 0.6) is 0 Å². The molecule has 5 rings (SSSR count). The number of piperidine rings is 1. The summed E-state index contributed by atoms with van der Waals surface area (Å²) in [5, 5.41) is 4.88. The monoisotopic (exact) mass is 484 g/mol. The van der Waals surface area contributed by atoms with Crippen molar-refractivity contribution in [1.29, 1.82) is 0 Å². The number of hydrogen-bond acceptors (Lipinski definition) is 5. The zero-order valence-corrected chi connectivity index (χ0v) is 20.7. The lowest BCUT2D eigenvalue weighted by molar-refractivity contribution is 0.0503. The quantitative estimate of drug-likeness (QED) is 0.415. The third-order valence-corrected chi connectivity index (χ3v) is 7.72. The lowest BCUT2D eigenvalue weighted by Crippen LogP contribution is -2.53. The van der Waals surface area contributed by atoms with E-state index in [0.29, 0.717) is 29.9 Å². The van der Waals surface area contributed by atoms with E-state index in [-0.39, 0.29) is 23.8 Å². The van der Waals surface area contributed by atoms with Gasteiger partial charge in [0.25, 0.3) is 11.8 Å². The Balaban J connectivity index is 1.38. The summed E-state index contributed by atoms with van der Waals surface area (Å²) in [6.07, 6.45) is 3.65. The van der Waals surface area contributed by atoms with Crippen molar-refractivity contribution >= 4 is 34.1 Å². The van der Waals surface area contributed by atoms with Crippen molar-refractivity contribution in [2.24, 2.45) is 5.92 Å². The molecule has 2 atom stereocenters. The number of benzene rings is 2. The summed E-state index contributed by atoms with van der Waals surface area (Å²) in [6, 6.07) is 19.3. The number of amides is 2. The lowest BCUT2D eigenvalue weighted by atomic mass is 9.90. The number of hydrogen-bond donors (Lipinski definition) is 1. The van der Waals surface area contributed by atoms with Crippen molar-refractivity contribution in [1.82, 2.24) is 20.2 Å². The number of thiazole rings is 1. The van der Waals surface area contributed by atoms with Crippen LogP contribution in [0.15, 0.2) is 66.9 Å². The molecule has 0 bridgehead atoms. The summed E-state index contributed by atoms with van der Waals surface area (Å²) in [5.41, 5.74) is 2.73. The second-order valence-electron chi connectivity index (χ2n) is 9.05. The highest BCUT2D eigenvalue weighted by Gasteiger charge is 2.35. The van der Waals surface area contributed by atoms with Gasteiger partial charge in [-0.3, -0.25) is 14.6 Å². The van der Waals surface area contributed by atoms with Gasteiger partial charge in [0.15, 0.2) is 0 Å². The predicted octanol–water partition coefficient (Wildman–Crippen LogP) is 5.34. The Morgan fingerprint density at radius 1 is 1.09 bits per heavy atom. The fourth-order valence-electron chi connectivity index (χ4n) is 4.89. The van der Waals surface area contributed by atoms with Crippen LogP contribution >= 0.6 is 11.3 Å². The van der Waals surface area contributed by atoms with Crippen LogP contribution in [0, 0.1) is 12.8 Å². The normalized spacial score (nSPS) is 17.9. The highest BCUT2D eigenvalue weighted by molar-refractivity contribution is 7.15. The van der Waals surface area contributed by atoms with Crippen LogP contribution in [0.4, 0.5) is 0 Å². The van der Waals surface area contributed by atoms with Crippen molar-refractivity contribution in [3.8, 4) is 10.4 Å². The number of aromatic nitrogens is 2. The van der Waals surface area contributed by atoms with Gasteiger partial charge >= 0.3 is 0 Å². The number of fused-ring (bicyclic) bond motifs is 1. The van der Waals surface area contributed by atoms with E-state index in [1.165, 1.54) is 0 Å². The standard InChI is InChI=1S/C28H28N4O2S/c1-18-9-8-16-32(28(34)25-26(35-19(2)31-25)21-10-4-3-5-11-21)23(18)17-30-27(33)22-14-6-12-20-13-7-15-29-24(20)22/h3-7,10-15,18,23H,8-9,16-17H2,1-2H3,(H,30,33)/t18-,23?/m0/s1. The van der Waals surface area contributed by atoms with Gasteiger partial charge in [-0.05, 0) is 43.4 Å². The molecular formula is C28H28N4O2S. The van der Waals surface area contributed by atoms with Crippen LogP contribution < -0.4 is 5.32 Å². The van der Waals surface area contributed by atoms with E-state index in [2.05, 4.69) is 22.2 Å². The molecule has 3 heterocycles. The van der Waals surface area contributed by atoms with E-state index in [9.17, 15) is 9.59 Å². The Labute approximate surface area is 209 Å². The molecule has 1 saturated heterocycles. The minimum Gasteiger partial charge on any atom is -0.350 e. The van der Waals surface area contributed by atoms with Crippen molar-refractivity contribution in [2.45, 2.75) is 32.7 Å². The summed E-state index contributed by atoms with van der Waals surface area (Å²) in [5.74, 6) is 0.0262. The number of carbonyl (C=O) groups is 2. The first-order chi connectivity index (χ1) is 17.0. The lowest BCUT2D eigenvalue weighted by Gasteiger charge is -2.40. The molecule has 6 nitrogen and oxygen atoms in total. The average molecular weight is 485 g/mol. The van der Waals surface area contributed by atoms with Gasteiger partial charge in [-0.15, -0.1) is 11.3 Å². The van der Waals surface area contributed by atoms with Gasteiger partial charge in [-0.2, -0.15) is 0 Å². The molecule has 2 aromatic carbocycles. The number of nitrogens with zero attached hydrogens (tertiary/aromatic N) is 3. The van der Waals surface area contributed by atoms with Crippen LogP contribution in [0.2, 0.25) is 0 Å². The molecular weight excluding hydrogens is 456 g/mol. The number of nitrogens with one attached hydrogen (secondary N) is 1. The van der Waals surface area contributed by atoms with Gasteiger partial charge in [0, 0.05) is 24.7 Å². The van der Waals surface area contributed by atoms with E-state index < -0.39 is 0 Å². The van der Waals surface area contributed by atoms with Crippen LogP contribution in [0.3, 0.4) is 0 Å². The van der Waals surface area contributed by atoms with Crippen LogP contribution in [0.25, 0.3) is 21.3 Å². The first-order valence-corrected chi connectivity index (χ1v) is 12.8. The maximum Gasteiger partial charge on any atom is 0.274 e. The summed E-state index contributed by atoms with van der Waals surface area (Å²) in [7, 11) is 0. The maximum atomic E-state index is 13.8. The van der Waals surface area contributed by atoms with Crippen molar-refractivity contribution in [3.05, 3.63) is 83.1 Å². The molecule has 1 unspecified atom stereocenters. The highest BCUT2D eigenvalue weighted by Crippen LogP contribution is 2.33. The van der Waals surface area contributed by atoms with Gasteiger partial charge in [-0.1, -0.05) is 55.5 Å². The molecule has 35 heavy (non-hydrogen) atoms. The van der Waals surface area contributed by atoms with Gasteiger partial charge in [-0.25, -0.2) is 4.98 Å². The first kappa shape index (κ1) is 23.2. The summed E-state index contributed by atoms with van der Waals surface area (Å²) in [6.45, 7) is 5.13. The van der Waals surface area contributed by atoms with Crippen molar-refractivity contribution < 1.29 is 9.59 Å². The first-order valence-electron chi connectivity index (χ1n) is 12.0. The Bertz CT molecular complexity index is 1360. The van der Waals surface area contributed by atoms with Gasteiger partial charge < -0.3 is 10.2 Å². The Hall–Kier alpha value is -3.58. The Morgan fingerprint density at radius 3 is 2.71 bits per heavy atom. The van der Waals surface area contributed by atoms with Gasteiger partial charge in [0.05, 0.1) is 27.0 Å². The van der Waals surface area contributed by atoms with Crippen LogP contribution in [0.1, 0.15) is 45.6 Å². The van der Waals surface area contributed by atoms with Crippen molar-refractivity contribution in [2.75, 3.05) is 13.1 Å². The molecule has 0 radical (unpaired) electrons. The molecule has 1 aliphatic heterocycles. The molecule has 1 fully saturated rings. The summed E-state index contributed by atoms with van der Waals surface area (Å²) in [4.78, 5) is 38.8. The van der Waals surface area contributed by atoms with Gasteiger partial charge in [0.1, 0.15) is 5.69 Å². The van der Waals surface area contributed by atoms with E-state index in [1.54, 1.807) is 23.6 Å². The third kappa shape index (κ3) is 4.68. The molecule has 2 amide bonds. The fourth-order valence-corrected chi connectivity index (χ4v) is 5.80. The molecule has 2 aromatic heterocycles. The minimum atomic E-state index is -0.172. The Kier molecular flexibility index (Phi) is 6.59. The second kappa shape index (κ2) is 9.96. The number of aryl methyl sites for hydroxylation is 1. The smallest absolute Gasteiger partial charge is 0.274 e. The van der Waals surface area contributed by atoms with Crippen LogP contribution in [-0.4, -0.2) is 45.8 Å². The molecule has 1 aliphatic rings. The largest absolute Gasteiger partial charge is 0.350 e. The zero-order chi connectivity index (χ0) is 24.4. The van der Waals surface area contributed by atoms with E-state index in [0.717, 1.165) is 33.7 Å². The predicted molar refractivity (Wildman–Crippen MR) is 140 cm³/mol. The number of pyridine rings is 1. The van der Waals surface area contributed by atoms with E-state index in [4.69, 9.17) is 0 Å². The fraction of sp³-hybridized carbons (Fsp3) is 0.286. The van der Waals surface area contributed by atoms with Crippen LogP contribution in [-0.2, 0) is 0 Å². The third-order valence-electron chi connectivity index (χ3n) is 6.70. The van der Waals surface area contributed by atoms with E-state index in [1.807, 2.05) is 66.4 Å². The number of para-hydroxylation sites is 1. The van der Waals surface area contributed by atoms with Gasteiger partial charge in [0.2, 0.25) is 0 Å². The number of carbonyl (C=O) groups excluding carboxylic acids is 2. The molecule has 0 saturated carbocycles. The summed E-state index contributed by atoms with van der Waals surface area (Å²) < 4.78 is 0.